The van der Waals surface area contributed by atoms with Gasteiger partial charge in [0.05, 0.1) is 37.1 Å². The fraction of sp³-hybridized carbons (Fsp3) is 0.286. The molecule has 8 rings (SSSR count). The second kappa shape index (κ2) is 21.1. The molecule has 2 aliphatic carbocycles. The number of aliphatic hydroxyl groups is 2. The van der Waals surface area contributed by atoms with Crippen LogP contribution in [0.4, 0.5) is 11.6 Å². The zero-order valence-electron chi connectivity index (χ0n) is 34.0. The number of nitrogens with zero attached hydrogens (tertiary/aromatic N) is 8. The molecule has 6 N–H and O–H groups in total. The molecule has 6 aromatic rings. The largest absolute Gasteiger partial charge is 0.392 e. The molecule has 0 spiro atoms. The van der Waals surface area contributed by atoms with Gasteiger partial charge >= 0.3 is 0 Å². The minimum Gasteiger partial charge on any atom is -0.392 e. The summed E-state index contributed by atoms with van der Waals surface area (Å²) in [5.41, 5.74) is 6.42. The van der Waals surface area contributed by atoms with E-state index < -0.39 is 16.7 Å². The second-order valence-corrected chi connectivity index (χ2v) is 17.3. The number of aromatic nitrogens is 8. The monoisotopic (exact) mass is 928 g/mol. The van der Waals surface area contributed by atoms with Gasteiger partial charge in [-0.05, 0) is 89.6 Å². The Morgan fingerprint density at radius 3 is 1.54 bits per heavy atom. The molecule has 0 bridgehead atoms. The van der Waals surface area contributed by atoms with Crippen molar-refractivity contribution >= 4 is 69.2 Å². The number of nitrogens with one attached hydrogen (secondary N) is 4. The lowest BCUT2D eigenvalue weighted by Gasteiger charge is -2.16. The Kier molecular flexibility index (Phi) is 15.2. The molecule has 0 fully saturated rings. The number of carbonyl (C=O) groups is 2. The van der Waals surface area contributed by atoms with Crippen LogP contribution in [0.15, 0.2) is 83.9 Å². The highest BCUT2D eigenvalue weighted by atomic mass is 35.5. The van der Waals surface area contributed by atoms with Crippen molar-refractivity contribution in [2.24, 2.45) is 0 Å². The maximum Gasteiger partial charge on any atom is 0.256 e. The Hall–Kier alpha value is -5.70. The first-order chi connectivity index (χ1) is 30.5. The highest BCUT2D eigenvalue weighted by molar-refractivity contribution is 7.98. The molecule has 2 aliphatic rings. The molecule has 2 amide bonds. The summed E-state index contributed by atoms with van der Waals surface area (Å²) in [5.74, 6) is 1.10. The Morgan fingerprint density at radius 1 is 0.683 bits per heavy atom. The first-order valence-corrected chi connectivity index (χ1v) is 23.1. The molecule has 0 aliphatic heterocycles. The second-order valence-electron chi connectivity index (χ2n) is 14.4. The van der Waals surface area contributed by atoms with E-state index >= 15 is 0 Å². The van der Waals surface area contributed by atoms with Crippen LogP contribution in [0, 0.1) is 0 Å². The first kappa shape index (κ1) is 45.3. The van der Waals surface area contributed by atoms with Gasteiger partial charge < -0.3 is 31.5 Å². The van der Waals surface area contributed by atoms with Crippen LogP contribution in [0.2, 0.25) is 10.0 Å². The summed E-state index contributed by atoms with van der Waals surface area (Å²) >= 11 is 13.9. The van der Waals surface area contributed by atoms with Crippen LogP contribution in [0.5, 0.6) is 0 Å². The van der Waals surface area contributed by atoms with E-state index in [0.29, 0.717) is 62.5 Å². The predicted molar refractivity (Wildman–Crippen MR) is 239 cm³/mol. The van der Waals surface area contributed by atoms with Crippen molar-refractivity contribution < 1.29 is 24.0 Å². The number of carbonyl (C=O) groups excluding carboxylic acids is 2. The zero-order valence-corrected chi connectivity index (χ0v) is 37.2. The number of aliphatic hydroxyl groups excluding tert-OH is 2. The average Bonchev–Trinajstić information content (AvgIpc) is 3.88. The minimum absolute atomic E-state index is 0.0490. The number of rotatable bonds is 14. The Balaban J connectivity index is 0.000000189. The number of thioether (sulfide) groups is 1. The van der Waals surface area contributed by atoms with E-state index in [1.807, 2.05) is 30.5 Å². The molecule has 21 heteroatoms. The van der Waals surface area contributed by atoms with E-state index in [1.165, 1.54) is 30.4 Å². The van der Waals surface area contributed by atoms with E-state index in [4.69, 9.17) is 23.2 Å². The summed E-state index contributed by atoms with van der Waals surface area (Å²) in [6, 6.07) is 11.0. The Bertz CT molecular complexity index is 2640. The predicted octanol–water partition coefficient (Wildman–Crippen LogP) is 4.30. The van der Waals surface area contributed by atoms with Gasteiger partial charge in [-0.1, -0.05) is 47.1 Å². The minimum atomic E-state index is -1.40. The third kappa shape index (κ3) is 11.5. The smallest absolute Gasteiger partial charge is 0.256 e. The lowest BCUT2D eigenvalue weighted by Crippen LogP contribution is -2.28. The summed E-state index contributed by atoms with van der Waals surface area (Å²) in [5, 5.41) is 33.0. The van der Waals surface area contributed by atoms with Crippen LogP contribution < -0.4 is 21.3 Å². The van der Waals surface area contributed by atoms with Crippen molar-refractivity contribution in [1.29, 1.82) is 0 Å². The van der Waals surface area contributed by atoms with Crippen molar-refractivity contribution in [3.8, 4) is 0 Å². The molecule has 4 heterocycles. The van der Waals surface area contributed by atoms with Gasteiger partial charge in [0.1, 0.15) is 34.4 Å². The SMILES string of the molecule is CS(=O)c1ncc(C(=O)NCc2ncccn2)c(NC2Cc3cc(Cl)c(CO)cc3C2)n1.CSc1ncc(C(=O)NCc2ncccn2)c(NC2Cc3cc(Cl)c(CO)cc3C2)n1. The molecule has 0 saturated carbocycles. The number of fused-ring (bicyclic) bond motifs is 2. The molecule has 3 atom stereocenters. The van der Waals surface area contributed by atoms with E-state index in [1.54, 1.807) is 36.9 Å². The van der Waals surface area contributed by atoms with Crippen molar-refractivity contribution in [2.45, 2.75) is 74.4 Å². The third-order valence-electron chi connectivity index (χ3n) is 10.1. The maximum absolute atomic E-state index is 12.8. The maximum atomic E-state index is 12.8. The van der Waals surface area contributed by atoms with Crippen molar-refractivity contribution in [2.75, 3.05) is 23.1 Å². The Labute approximate surface area is 379 Å². The molecule has 63 heavy (non-hydrogen) atoms. The summed E-state index contributed by atoms with van der Waals surface area (Å²) in [6.45, 7) is 0.137. The van der Waals surface area contributed by atoms with Crippen LogP contribution in [0.25, 0.3) is 0 Å². The van der Waals surface area contributed by atoms with Crippen LogP contribution in [-0.4, -0.2) is 90.7 Å². The van der Waals surface area contributed by atoms with Gasteiger partial charge in [0, 0.05) is 65.6 Å². The molecule has 4 aromatic heterocycles. The summed E-state index contributed by atoms with van der Waals surface area (Å²) < 4.78 is 11.9. The van der Waals surface area contributed by atoms with E-state index in [0.717, 1.165) is 40.7 Å². The van der Waals surface area contributed by atoms with Gasteiger partial charge in [0.25, 0.3) is 11.8 Å². The lowest BCUT2D eigenvalue weighted by atomic mass is 10.1. The number of amides is 2. The van der Waals surface area contributed by atoms with Gasteiger partial charge in [-0.25, -0.2) is 39.9 Å². The Morgan fingerprint density at radius 2 is 1.11 bits per heavy atom. The van der Waals surface area contributed by atoms with Crippen LogP contribution >= 0.6 is 35.0 Å². The molecule has 3 unspecified atom stereocenters. The number of halogens is 2. The number of benzene rings is 2. The topological polar surface area (TPSA) is 243 Å². The fourth-order valence-corrected chi connectivity index (χ4v) is 8.35. The summed E-state index contributed by atoms with van der Waals surface area (Å²) in [6.07, 6.45) is 15.6. The fourth-order valence-electron chi connectivity index (χ4n) is 7.09. The number of hydrogen-bond donors (Lipinski definition) is 6. The van der Waals surface area contributed by atoms with Crippen LogP contribution in [-0.2, 0) is 62.8 Å². The van der Waals surface area contributed by atoms with Gasteiger partial charge in [-0.3, -0.25) is 13.8 Å². The van der Waals surface area contributed by atoms with Crippen LogP contribution in [0.1, 0.15) is 65.7 Å². The van der Waals surface area contributed by atoms with E-state index in [9.17, 15) is 24.0 Å². The molecule has 0 saturated heterocycles. The van der Waals surface area contributed by atoms with Crippen molar-refractivity contribution in [3.05, 3.63) is 140 Å². The van der Waals surface area contributed by atoms with Crippen LogP contribution in [0.3, 0.4) is 0 Å². The highest BCUT2D eigenvalue weighted by Gasteiger charge is 2.27. The van der Waals surface area contributed by atoms with E-state index in [-0.39, 0.29) is 55.0 Å². The molecule has 17 nitrogen and oxygen atoms in total. The molecular weight excluding hydrogens is 888 g/mol. The van der Waals surface area contributed by atoms with Gasteiger partial charge in [-0.2, -0.15) is 0 Å². The summed E-state index contributed by atoms with van der Waals surface area (Å²) in [4.78, 5) is 59.3. The number of anilines is 2. The van der Waals surface area contributed by atoms with Gasteiger partial charge in [0.15, 0.2) is 5.16 Å². The van der Waals surface area contributed by atoms with Gasteiger partial charge in [-0.15, -0.1) is 0 Å². The molecule has 0 radical (unpaired) electrons. The standard InChI is InChI=1S/C21H21ClN6O3S.C21H21ClN6O2S/c1-32(31)21-26-9-16(20(30)25-10-18-23-3-2-4-24-18)19(28-21)27-15-6-12-5-14(11-29)17(22)8-13(12)7-15;1-31-21-26-9-16(20(30)25-10-18-23-3-2-4-24-18)19(28-21)27-15-6-12-5-14(11-29)17(22)8-13(12)7-15/h2-5,8-9,15,29H,6-7,10-11H2,1H3,(H,25,30)(H,26,27,28);2-5,8-9,15,29H,6-7,10-11H2,1H3,(H,25,30)(H,26,27,28). The average molecular weight is 930 g/mol. The molecule has 326 valence electrons. The normalized spacial score (nSPS) is 15.3. The van der Waals surface area contributed by atoms with E-state index in [2.05, 4.69) is 61.1 Å². The first-order valence-electron chi connectivity index (χ1n) is 19.6. The third-order valence-corrected chi connectivity index (χ3v) is 12.1. The quantitative estimate of drug-likeness (QED) is 0.0659. The number of hydrogen-bond acceptors (Lipinski definition) is 16. The van der Waals surface area contributed by atoms with Crippen molar-refractivity contribution in [1.82, 2.24) is 50.5 Å². The van der Waals surface area contributed by atoms with Crippen molar-refractivity contribution in [3.63, 3.8) is 0 Å². The zero-order chi connectivity index (χ0) is 44.5. The van der Waals surface area contributed by atoms with Gasteiger partial charge in [0.2, 0.25) is 5.16 Å². The highest BCUT2D eigenvalue weighted by Crippen LogP contribution is 2.32. The summed E-state index contributed by atoms with van der Waals surface area (Å²) in [7, 11) is -1.40. The molecular formula is C42H42Cl2N12O5S2. The lowest BCUT2D eigenvalue weighted by molar-refractivity contribution is 0.0941. The molecule has 2 aromatic carbocycles.